The van der Waals surface area contributed by atoms with Crippen LogP contribution in [0.25, 0.3) is 11.1 Å². The van der Waals surface area contributed by atoms with Gasteiger partial charge in [0.1, 0.15) is 0 Å². The van der Waals surface area contributed by atoms with E-state index in [1.165, 1.54) is 68.1 Å². The molecule has 1 aliphatic rings. The Kier molecular flexibility index (Phi) is 7.16. The van der Waals surface area contributed by atoms with E-state index >= 15 is 0 Å². The summed E-state index contributed by atoms with van der Waals surface area (Å²) in [6.07, 6.45) is 11.3. The normalized spacial score (nSPS) is 20.6. The van der Waals surface area contributed by atoms with Gasteiger partial charge in [-0.15, -0.1) is 0 Å². The minimum atomic E-state index is 0.784. The van der Waals surface area contributed by atoms with E-state index < -0.39 is 0 Å². The molecule has 0 N–H and O–H groups in total. The molecule has 25 heavy (non-hydrogen) atoms. The van der Waals surface area contributed by atoms with Crippen LogP contribution < -0.4 is 0 Å². The summed E-state index contributed by atoms with van der Waals surface area (Å²) in [5.41, 5.74) is 5.53. The summed E-state index contributed by atoms with van der Waals surface area (Å²) in [4.78, 5) is 0. The number of unbranched alkanes of at least 4 members (excludes halogenated alkanes) is 2. The predicted octanol–water partition coefficient (Wildman–Crippen LogP) is 8.10. The van der Waals surface area contributed by atoms with Gasteiger partial charge in [0.2, 0.25) is 0 Å². The van der Waals surface area contributed by atoms with Crippen LogP contribution in [0.15, 0.2) is 48.5 Å². The van der Waals surface area contributed by atoms with E-state index in [1.807, 2.05) is 0 Å². The van der Waals surface area contributed by atoms with Gasteiger partial charge in [0.15, 0.2) is 0 Å². The molecule has 0 amide bonds. The van der Waals surface area contributed by atoms with E-state index in [0.717, 1.165) is 17.2 Å². The number of halogens is 1. The van der Waals surface area contributed by atoms with Gasteiger partial charge in [-0.3, -0.25) is 0 Å². The lowest BCUT2D eigenvalue weighted by Crippen LogP contribution is -2.13. The Labute approximate surface area is 162 Å². The molecule has 0 aliphatic heterocycles. The Morgan fingerprint density at radius 3 is 1.96 bits per heavy atom. The monoisotopic (exact) mass is 398 g/mol. The van der Waals surface area contributed by atoms with Gasteiger partial charge >= 0.3 is 0 Å². The van der Waals surface area contributed by atoms with E-state index in [4.69, 9.17) is 0 Å². The molecule has 0 unspecified atom stereocenters. The average Bonchev–Trinajstić information content (AvgIpc) is 2.69. The summed E-state index contributed by atoms with van der Waals surface area (Å²) in [6.45, 7) is 2.30. The van der Waals surface area contributed by atoms with Crippen molar-refractivity contribution in [1.82, 2.24) is 0 Å². The second-order valence-electron chi connectivity index (χ2n) is 7.67. The molecule has 1 heteroatoms. The Bertz CT molecular complexity index is 618. The molecule has 0 heterocycles. The fourth-order valence-electron chi connectivity index (χ4n) is 4.20. The summed E-state index contributed by atoms with van der Waals surface area (Å²) in [7, 11) is 0. The highest BCUT2D eigenvalue weighted by molar-refractivity contribution is 9.08. The third-order valence-corrected chi connectivity index (χ3v) is 6.53. The summed E-state index contributed by atoms with van der Waals surface area (Å²) in [5, 5.41) is 0.924. The van der Waals surface area contributed by atoms with Crippen LogP contribution in [0.3, 0.4) is 0 Å². The maximum Gasteiger partial charge on any atom is 0.0283 e. The van der Waals surface area contributed by atoms with Gasteiger partial charge in [-0.2, -0.15) is 0 Å². The molecule has 2 aromatic rings. The van der Waals surface area contributed by atoms with Crippen LogP contribution >= 0.6 is 15.9 Å². The van der Waals surface area contributed by atoms with Crippen LogP contribution in [0, 0.1) is 5.92 Å². The highest BCUT2D eigenvalue weighted by atomic mass is 79.9. The number of benzene rings is 2. The zero-order valence-electron chi connectivity index (χ0n) is 15.5. The van der Waals surface area contributed by atoms with Gasteiger partial charge < -0.3 is 0 Å². The van der Waals surface area contributed by atoms with Gasteiger partial charge in [-0.1, -0.05) is 97.1 Å². The van der Waals surface area contributed by atoms with Gasteiger partial charge in [-0.25, -0.2) is 0 Å². The van der Waals surface area contributed by atoms with Gasteiger partial charge in [0.05, 0.1) is 0 Å². The maximum absolute atomic E-state index is 3.51. The standard InChI is InChI=1S/C24H31Br/c1-2-3-4-5-19-6-10-21(11-7-19)23-14-16-24(17-15-23)22-12-8-20(18-25)9-13-22/h8-9,12-17,19,21H,2-7,10-11,18H2,1H3. The maximum atomic E-state index is 3.51. The highest BCUT2D eigenvalue weighted by Crippen LogP contribution is 2.38. The van der Waals surface area contributed by atoms with Crippen LogP contribution in [-0.2, 0) is 5.33 Å². The van der Waals surface area contributed by atoms with Crippen LogP contribution in [0.1, 0.15) is 75.3 Å². The molecule has 1 fully saturated rings. The molecular weight excluding hydrogens is 368 g/mol. The van der Waals surface area contributed by atoms with Crippen LogP contribution in [0.2, 0.25) is 0 Å². The molecule has 3 rings (SSSR count). The Hall–Kier alpha value is -1.08. The lowest BCUT2D eigenvalue weighted by Gasteiger charge is -2.29. The van der Waals surface area contributed by atoms with E-state index in [9.17, 15) is 0 Å². The highest BCUT2D eigenvalue weighted by Gasteiger charge is 2.21. The first-order valence-electron chi connectivity index (χ1n) is 10.1. The number of alkyl halides is 1. The van der Waals surface area contributed by atoms with Crippen molar-refractivity contribution < 1.29 is 0 Å². The second kappa shape index (κ2) is 9.57. The lowest BCUT2D eigenvalue weighted by atomic mass is 9.77. The Balaban J connectivity index is 1.56. The van der Waals surface area contributed by atoms with Crippen molar-refractivity contribution in [2.24, 2.45) is 5.92 Å². The van der Waals surface area contributed by atoms with Crippen LogP contribution in [0.4, 0.5) is 0 Å². The Morgan fingerprint density at radius 2 is 1.40 bits per heavy atom. The minimum absolute atomic E-state index is 0.784. The first kappa shape index (κ1) is 18.7. The van der Waals surface area contributed by atoms with Gasteiger partial charge in [0, 0.05) is 5.33 Å². The second-order valence-corrected chi connectivity index (χ2v) is 8.23. The molecule has 0 spiro atoms. The quantitative estimate of drug-likeness (QED) is 0.326. The lowest BCUT2D eigenvalue weighted by molar-refractivity contribution is 0.303. The van der Waals surface area contributed by atoms with E-state index in [-0.39, 0.29) is 0 Å². The third-order valence-electron chi connectivity index (χ3n) is 5.89. The van der Waals surface area contributed by atoms with E-state index in [2.05, 4.69) is 71.4 Å². The van der Waals surface area contributed by atoms with Crippen molar-refractivity contribution in [1.29, 1.82) is 0 Å². The topological polar surface area (TPSA) is 0 Å². The minimum Gasteiger partial charge on any atom is -0.0876 e. The molecule has 0 saturated heterocycles. The van der Waals surface area contributed by atoms with Crippen molar-refractivity contribution in [2.75, 3.05) is 0 Å². The largest absolute Gasteiger partial charge is 0.0876 e. The van der Waals surface area contributed by atoms with Crippen LogP contribution in [-0.4, -0.2) is 0 Å². The Morgan fingerprint density at radius 1 is 0.800 bits per heavy atom. The van der Waals surface area contributed by atoms with Crippen molar-refractivity contribution in [3.8, 4) is 11.1 Å². The molecule has 1 saturated carbocycles. The first-order valence-corrected chi connectivity index (χ1v) is 11.2. The summed E-state index contributed by atoms with van der Waals surface area (Å²) in [5.74, 6) is 1.78. The fourth-order valence-corrected chi connectivity index (χ4v) is 4.58. The molecule has 0 bridgehead atoms. The van der Waals surface area contributed by atoms with Crippen molar-refractivity contribution in [2.45, 2.75) is 69.5 Å². The molecule has 0 radical (unpaired) electrons. The summed E-state index contributed by atoms with van der Waals surface area (Å²) < 4.78 is 0. The smallest absolute Gasteiger partial charge is 0.0283 e. The predicted molar refractivity (Wildman–Crippen MR) is 113 cm³/mol. The first-order chi connectivity index (χ1) is 12.3. The SMILES string of the molecule is CCCCCC1CCC(c2ccc(-c3ccc(CBr)cc3)cc2)CC1. The van der Waals surface area contributed by atoms with Crippen molar-refractivity contribution >= 4 is 15.9 Å². The molecule has 134 valence electrons. The van der Waals surface area contributed by atoms with E-state index in [0.29, 0.717) is 0 Å². The van der Waals surface area contributed by atoms with E-state index in [1.54, 1.807) is 5.56 Å². The zero-order valence-corrected chi connectivity index (χ0v) is 17.1. The molecule has 0 atom stereocenters. The zero-order chi connectivity index (χ0) is 17.5. The van der Waals surface area contributed by atoms with Crippen LogP contribution in [0.5, 0.6) is 0 Å². The number of rotatable bonds is 7. The average molecular weight is 399 g/mol. The van der Waals surface area contributed by atoms with Gasteiger partial charge in [-0.05, 0) is 59.8 Å². The van der Waals surface area contributed by atoms with Gasteiger partial charge in [0.25, 0.3) is 0 Å². The molecule has 1 aliphatic carbocycles. The summed E-state index contributed by atoms with van der Waals surface area (Å²) >= 11 is 3.51. The van der Waals surface area contributed by atoms with Crippen molar-refractivity contribution in [3.05, 3.63) is 59.7 Å². The van der Waals surface area contributed by atoms with Crippen molar-refractivity contribution in [3.63, 3.8) is 0 Å². The summed E-state index contributed by atoms with van der Waals surface area (Å²) in [6, 6.07) is 18.2. The fraction of sp³-hybridized carbons (Fsp3) is 0.500. The number of hydrogen-bond donors (Lipinski definition) is 0. The molecule has 2 aromatic carbocycles. The third kappa shape index (κ3) is 5.20. The molecule has 0 nitrogen and oxygen atoms in total. The molecule has 0 aromatic heterocycles. The number of hydrogen-bond acceptors (Lipinski definition) is 0. The molecular formula is C24H31Br.